The molecule has 8 heteroatoms. The number of anilines is 1. The van der Waals surface area contributed by atoms with Gasteiger partial charge in [-0.3, -0.25) is 9.00 Å². The minimum Gasteiger partial charge on any atom is -1.00 e. The fraction of sp³-hybridized carbons (Fsp3) is 0.167. The van der Waals surface area contributed by atoms with Gasteiger partial charge in [0.25, 0.3) is 0 Å². The first-order valence-electron chi connectivity index (χ1n) is 7.46. The van der Waals surface area contributed by atoms with Gasteiger partial charge in [0.05, 0.1) is 18.0 Å². The van der Waals surface area contributed by atoms with E-state index in [-0.39, 0.29) is 37.5 Å². The Morgan fingerprint density at radius 1 is 1.35 bits per heavy atom. The Kier molecular flexibility index (Phi) is 9.61. The van der Waals surface area contributed by atoms with Crippen LogP contribution in [0.1, 0.15) is 17.8 Å². The molecule has 0 aliphatic rings. The second kappa shape index (κ2) is 11.2. The number of hydrogen-bond donors (Lipinski definition) is 2. The first kappa shape index (κ1) is 22.4. The van der Waals surface area contributed by atoms with Crippen LogP contribution in [0.3, 0.4) is 0 Å². The van der Waals surface area contributed by atoms with Crippen LogP contribution in [-0.2, 0) is 15.9 Å². The number of aliphatic carboxylic acids is 1. The Morgan fingerprint density at radius 2 is 2.04 bits per heavy atom. The summed E-state index contributed by atoms with van der Waals surface area (Å²) in [5, 5.41) is 10.7. The normalized spacial score (nSPS) is 12.8. The Hall–Kier alpha value is -1.64. The maximum Gasteiger partial charge on any atom is 1.00 e. The molecule has 2 rings (SSSR count). The van der Waals surface area contributed by atoms with Crippen molar-refractivity contribution in [2.75, 3.05) is 19.0 Å². The van der Waals surface area contributed by atoms with Gasteiger partial charge in [-0.2, -0.15) is 0 Å². The number of benzene rings is 2. The predicted octanol–water partition coefficient (Wildman–Crippen LogP) is -0.0582. The van der Waals surface area contributed by atoms with Crippen LogP contribution in [0, 0.1) is 0 Å². The summed E-state index contributed by atoms with van der Waals surface area (Å²) in [7, 11) is 1.46. The summed E-state index contributed by atoms with van der Waals surface area (Å²) in [6, 6.07) is 14.2. The Labute approximate surface area is 178 Å². The van der Waals surface area contributed by atoms with Crippen molar-refractivity contribution in [3.05, 3.63) is 65.7 Å². The summed E-state index contributed by atoms with van der Waals surface area (Å²) in [6.07, 6.45) is 3.32. The molecule has 0 saturated carbocycles. The molecule has 6 nitrogen and oxygen atoms in total. The van der Waals surface area contributed by atoms with E-state index in [0.717, 1.165) is 5.56 Å². The molecule has 0 bridgehead atoms. The Balaban J connectivity index is 0.00000338. The maximum atomic E-state index is 11.7. The van der Waals surface area contributed by atoms with Crippen molar-refractivity contribution in [3.8, 4) is 5.75 Å². The van der Waals surface area contributed by atoms with Crippen molar-refractivity contribution in [1.82, 2.24) is 0 Å². The number of carboxylic acid groups (broad SMARTS) is 1. The molecule has 2 aromatic carbocycles. The SMILES string of the molecule is COc1ccc(C(C=Cc2ccccc2)S(=O)[O-])cc1NCC(=O)O.[H-].[Na+]. The Bertz CT molecular complexity index is 789. The van der Waals surface area contributed by atoms with Crippen LogP contribution in [-0.4, -0.2) is 33.5 Å². The smallest absolute Gasteiger partial charge is 1.00 e. The van der Waals surface area contributed by atoms with E-state index in [4.69, 9.17) is 9.84 Å². The zero-order chi connectivity index (χ0) is 18.2. The molecular weight excluding hydrogens is 365 g/mol. The third kappa shape index (κ3) is 6.59. The zero-order valence-electron chi connectivity index (χ0n) is 15.5. The molecule has 0 spiro atoms. The van der Waals surface area contributed by atoms with Crippen LogP contribution in [0.4, 0.5) is 5.69 Å². The molecule has 0 saturated heterocycles. The van der Waals surface area contributed by atoms with Gasteiger partial charge in [-0.05, 0) is 34.3 Å². The van der Waals surface area contributed by atoms with Gasteiger partial charge in [0.15, 0.2) is 0 Å². The molecule has 0 aromatic heterocycles. The molecule has 0 aliphatic carbocycles. The fourth-order valence-corrected chi connectivity index (χ4v) is 2.84. The van der Waals surface area contributed by atoms with Gasteiger partial charge in [-0.15, -0.1) is 0 Å². The Morgan fingerprint density at radius 3 is 2.62 bits per heavy atom. The van der Waals surface area contributed by atoms with E-state index in [0.29, 0.717) is 17.0 Å². The van der Waals surface area contributed by atoms with Gasteiger partial charge >= 0.3 is 35.5 Å². The van der Waals surface area contributed by atoms with Gasteiger partial charge < -0.3 is 21.1 Å². The van der Waals surface area contributed by atoms with Gasteiger partial charge in [0, 0.05) is 0 Å². The molecule has 0 fully saturated rings. The summed E-state index contributed by atoms with van der Waals surface area (Å²) in [5.74, 6) is -0.590. The molecule has 26 heavy (non-hydrogen) atoms. The molecular formula is C18H19NNaO5S-. The second-order valence-corrected chi connectivity index (χ2v) is 6.19. The molecule has 0 amide bonds. The number of carboxylic acids is 1. The second-order valence-electron chi connectivity index (χ2n) is 5.16. The largest absolute Gasteiger partial charge is 1.00 e. The topological polar surface area (TPSA) is 98.7 Å². The third-order valence-corrected chi connectivity index (χ3v) is 4.30. The van der Waals surface area contributed by atoms with E-state index in [1.165, 1.54) is 7.11 Å². The van der Waals surface area contributed by atoms with Crippen LogP contribution in [0.15, 0.2) is 54.6 Å². The minimum atomic E-state index is -2.38. The van der Waals surface area contributed by atoms with E-state index >= 15 is 0 Å². The quantitative estimate of drug-likeness (QED) is 0.489. The van der Waals surface area contributed by atoms with Crippen LogP contribution in [0.2, 0.25) is 0 Å². The fourth-order valence-electron chi connectivity index (χ4n) is 2.26. The first-order chi connectivity index (χ1) is 12.0. The van der Waals surface area contributed by atoms with Gasteiger partial charge in [-0.25, -0.2) is 0 Å². The van der Waals surface area contributed by atoms with E-state index in [2.05, 4.69) is 5.32 Å². The number of hydrogen-bond acceptors (Lipinski definition) is 5. The van der Waals surface area contributed by atoms with Crippen LogP contribution >= 0.6 is 0 Å². The number of ether oxygens (including phenoxy) is 1. The molecule has 0 aliphatic heterocycles. The molecule has 0 radical (unpaired) electrons. The summed E-state index contributed by atoms with van der Waals surface area (Å²) in [5.41, 5.74) is 1.82. The van der Waals surface area contributed by atoms with Crippen molar-refractivity contribution >= 4 is 28.8 Å². The maximum absolute atomic E-state index is 11.7. The van der Waals surface area contributed by atoms with Crippen molar-refractivity contribution in [2.45, 2.75) is 5.25 Å². The standard InChI is InChI=1S/C18H19NO5S.Na.H/c1-24-16-9-8-14(11-15(16)19-12-18(20)21)17(25(22)23)10-7-13-5-3-2-4-6-13;;/h2-11,17,19H,12H2,1H3,(H,20,21)(H,22,23);;/q;+1;-1/p-1. The molecule has 2 N–H and O–H groups in total. The average molecular weight is 384 g/mol. The predicted molar refractivity (Wildman–Crippen MR) is 97.4 cm³/mol. The molecule has 2 unspecified atom stereocenters. The summed E-state index contributed by atoms with van der Waals surface area (Å²) >= 11 is -2.38. The van der Waals surface area contributed by atoms with E-state index in [1.54, 1.807) is 30.4 Å². The summed E-state index contributed by atoms with van der Waals surface area (Å²) in [4.78, 5) is 10.7. The minimum absolute atomic E-state index is 0. The third-order valence-electron chi connectivity index (χ3n) is 3.45. The summed E-state index contributed by atoms with van der Waals surface area (Å²) in [6.45, 7) is -0.301. The monoisotopic (exact) mass is 384 g/mol. The van der Waals surface area contributed by atoms with Crippen LogP contribution < -0.4 is 39.6 Å². The van der Waals surface area contributed by atoms with Crippen LogP contribution in [0.25, 0.3) is 6.08 Å². The van der Waals surface area contributed by atoms with E-state index in [9.17, 15) is 13.6 Å². The zero-order valence-corrected chi connectivity index (χ0v) is 17.4. The van der Waals surface area contributed by atoms with Gasteiger partial charge in [-0.1, -0.05) is 48.6 Å². The van der Waals surface area contributed by atoms with Crippen molar-refractivity contribution in [1.29, 1.82) is 0 Å². The van der Waals surface area contributed by atoms with Gasteiger partial charge in [0.1, 0.15) is 12.3 Å². The van der Waals surface area contributed by atoms with Crippen molar-refractivity contribution < 1.29 is 54.4 Å². The molecule has 0 heterocycles. The van der Waals surface area contributed by atoms with E-state index < -0.39 is 22.3 Å². The van der Waals surface area contributed by atoms with Crippen LogP contribution in [0.5, 0.6) is 5.75 Å². The molecule has 2 atom stereocenters. The molecule has 134 valence electrons. The number of rotatable bonds is 8. The summed E-state index contributed by atoms with van der Waals surface area (Å²) < 4.78 is 28.5. The van der Waals surface area contributed by atoms with E-state index in [1.807, 2.05) is 30.3 Å². The average Bonchev–Trinajstić information content (AvgIpc) is 2.60. The van der Waals surface area contributed by atoms with Crippen molar-refractivity contribution in [2.24, 2.45) is 0 Å². The number of methoxy groups -OCH3 is 1. The first-order valence-corrected chi connectivity index (χ1v) is 8.60. The van der Waals surface area contributed by atoms with Crippen molar-refractivity contribution in [3.63, 3.8) is 0 Å². The van der Waals surface area contributed by atoms with Gasteiger partial charge in [0.2, 0.25) is 0 Å². The number of carbonyl (C=O) groups is 1. The number of nitrogens with one attached hydrogen (secondary N) is 1. The molecule has 2 aromatic rings.